The lowest BCUT2D eigenvalue weighted by Crippen LogP contribution is -2.32. The van der Waals surface area contributed by atoms with Crippen molar-refractivity contribution < 1.29 is 22.0 Å². The number of carbonyl (C=O) groups excluding carboxylic acids is 1. The van der Waals surface area contributed by atoms with Crippen LogP contribution in [0.5, 0.6) is 0 Å². The average molecular weight is 401 g/mol. The molecule has 0 spiro atoms. The van der Waals surface area contributed by atoms with Crippen molar-refractivity contribution in [2.24, 2.45) is 0 Å². The van der Waals surface area contributed by atoms with Crippen molar-refractivity contribution in [1.82, 2.24) is 5.32 Å². The van der Waals surface area contributed by atoms with Gasteiger partial charge >= 0.3 is 0 Å². The molecular formula is C21H20FNO4S. The Hall–Kier alpha value is -2.93. The maximum Gasteiger partial charge on any atom is 0.251 e. The summed E-state index contributed by atoms with van der Waals surface area (Å²) in [6, 6.07) is 13.5. The van der Waals surface area contributed by atoms with Crippen LogP contribution in [0.2, 0.25) is 0 Å². The first kappa shape index (κ1) is 19.8. The van der Waals surface area contributed by atoms with Gasteiger partial charge in [-0.05, 0) is 61.4 Å². The van der Waals surface area contributed by atoms with Gasteiger partial charge in [-0.1, -0.05) is 18.2 Å². The van der Waals surface area contributed by atoms with E-state index in [9.17, 15) is 17.6 Å². The van der Waals surface area contributed by atoms with E-state index in [1.54, 1.807) is 31.2 Å². The lowest BCUT2D eigenvalue weighted by molar-refractivity contribution is 0.0952. The third kappa shape index (κ3) is 4.14. The van der Waals surface area contributed by atoms with E-state index < -0.39 is 26.8 Å². The Bertz CT molecular complexity index is 1090. The van der Waals surface area contributed by atoms with Crippen molar-refractivity contribution in [3.63, 3.8) is 0 Å². The Labute approximate surface area is 163 Å². The minimum atomic E-state index is -3.85. The molecular weight excluding hydrogens is 381 g/mol. The second-order valence-corrected chi connectivity index (χ2v) is 8.64. The molecule has 0 unspecified atom stereocenters. The number of benzene rings is 2. The highest BCUT2D eigenvalue weighted by molar-refractivity contribution is 7.91. The normalized spacial score (nSPS) is 12.5. The van der Waals surface area contributed by atoms with Crippen LogP contribution in [0.4, 0.5) is 4.39 Å². The fraction of sp³-hybridized carbons (Fsp3) is 0.190. The largest absolute Gasteiger partial charge is 0.468 e. The first-order valence-corrected chi connectivity index (χ1v) is 10.2. The topological polar surface area (TPSA) is 76.4 Å². The van der Waals surface area contributed by atoms with E-state index in [2.05, 4.69) is 5.32 Å². The lowest BCUT2D eigenvalue weighted by atomic mass is 10.2. The predicted octanol–water partition coefficient (Wildman–Crippen LogP) is 3.98. The van der Waals surface area contributed by atoms with Crippen LogP contribution in [0, 0.1) is 19.7 Å². The van der Waals surface area contributed by atoms with Gasteiger partial charge in [-0.2, -0.15) is 0 Å². The van der Waals surface area contributed by atoms with Gasteiger partial charge in [0.05, 0.1) is 11.2 Å². The molecule has 1 amide bonds. The van der Waals surface area contributed by atoms with Gasteiger partial charge in [0.25, 0.3) is 5.91 Å². The molecule has 0 fully saturated rings. The summed E-state index contributed by atoms with van der Waals surface area (Å²) in [5, 5.41) is 1.47. The molecule has 2 aromatic carbocycles. The molecule has 0 aliphatic rings. The van der Waals surface area contributed by atoms with Crippen LogP contribution in [-0.2, 0) is 9.84 Å². The molecule has 3 rings (SSSR count). The highest BCUT2D eigenvalue weighted by atomic mass is 32.2. The highest BCUT2D eigenvalue weighted by Gasteiger charge is 2.33. The Morgan fingerprint density at radius 2 is 1.89 bits per heavy atom. The van der Waals surface area contributed by atoms with Gasteiger partial charge in [0.1, 0.15) is 16.8 Å². The Morgan fingerprint density at radius 1 is 1.11 bits per heavy atom. The van der Waals surface area contributed by atoms with Crippen LogP contribution in [-0.4, -0.2) is 20.9 Å². The smallest absolute Gasteiger partial charge is 0.251 e. The van der Waals surface area contributed by atoms with Crippen LogP contribution in [0.3, 0.4) is 0 Å². The fourth-order valence-electron chi connectivity index (χ4n) is 2.92. The monoisotopic (exact) mass is 401 g/mol. The molecule has 1 atom stereocenters. The van der Waals surface area contributed by atoms with Gasteiger partial charge in [0.2, 0.25) is 0 Å². The Balaban J connectivity index is 1.92. The number of amides is 1. The van der Waals surface area contributed by atoms with Crippen molar-refractivity contribution >= 4 is 15.7 Å². The number of sulfone groups is 1. The van der Waals surface area contributed by atoms with Crippen molar-refractivity contribution in [2.45, 2.75) is 24.0 Å². The third-order valence-electron chi connectivity index (χ3n) is 4.42. The summed E-state index contributed by atoms with van der Waals surface area (Å²) in [6.45, 7) is 3.32. The zero-order valence-electron chi connectivity index (χ0n) is 15.5. The van der Waals surface area contributed by atoms with Crippen LogP contribution in [0.15, 0.2) is 70.2 Å². The van der Waals surface area contributed by atoms with Crippen LogP contribution >= 0.6 is 0 Å². The molecule has 5 nitrogen and oxygen atoms in total. The van der Waals surface area contributed by atoms with E-state index >= 15 is 0 Å². The number of rotatable bonds is 6. The molecule has 7 heteroatoms. The van der Waals surface area contributed by atoms with Crippen LogP contribution in [0.25, 0.3) is 0 Å². The number of halogens is 1. The van der Waals surface area contributed by atoms with Crippen LogP contribution in [0.1, 0.15) is 32.5 Å². The number of carbonyl (C=O) groups is 1. The van der Waals surface area contributed by atoms with Crippen molar-refractivity contribution in [3.05, 3.63) is 89.1 Å². The van der Waals surface area contributed by atoms with Crippen molar-refractivity contribution in [2.75, 3.05) is 6.54 Å². The number of nitrogens with one attached hydrogen (secondary N) is 1. The van der Waals surface area contributed by atoms with E-state index in [0.717, 1.165) is 11.6 Å². The average Bonchev–Trinajstić information content (AvgIpc) is 3.17. The van der Waals surface area contributed by atoms with E-state index in [1.807, 2.05) is 13.0 Å². The number of aryl methyl sites for hydroxylation is 2. The summed E-state index contributed by atoms with van der Waals surface area (Å²) in [4.78, 5) is 12.5. The SMILES string of the molecule is Cc1ccc(C)c(S(=O)(=O)[C@H](CNC(=O)c2cccc(F)c2)c2ccco2)c1. The minimum Gasteiger partial charge on any atom is -0.468 e. The summed E-state index contributed by atoms with van der Waals surface area (Å²) < 4.78 is 45.4. The molecule has 0 saturated carbocycles. The van der Waals surface area contributed by atoms with Gasteiger partial charge in [-0.25, -0.2) is 12.8 Å². The van der Waals surface area contributed by atoms with Crippen molar-refractivity contribution in [1.29, 1.82) is 0 Å². The standard InChI is InChI=1S/C21H20FNO4S/c1-14-8-9-15(2)19(11-14)28(25,26)20(18-7-4-10-27-18)13-23-21(24)16-5-3-6-17(22)12-16/h3-12,20H,13H2,1-2H3,(H,23,24)/t20-/m1/s1. The first-order valence-electron chi connectivity index (χ1n) is 8.67. The summed E-state index contributed by atoms with van der Waals surface area (Å²) in [6.07, 6.45) is 1.38. The minimum absolute atomic E-state index is 0.113. The molecule has 0 bridgehead atoms. The maximum absolute atomic E-state index is 13.4. The highest BCUT2D eigenvalue weighted by Crippen LogP contribution is 2.31. The van der Waals surface area contributed by atoms with E-state index in [4.69, 9.17) is 4.42 Å². The van der Waals surface area contributed by atoms with Gasteiger partial charge in [0, 0.05) is 12.1 Å². The number of hydrogen-bond donors (Lipinski definition) is 1. The molecule has 0 saturated heterocycles. The first-order chi connectivity index (χ1) is 13.3. The number of hydrogen-bond acceptors (Lipinski definition) is 4. The molecule has 3 aromatic rings. The maximum atomic E-state index is 13.4. The van der Waals surface area contributed by atoms with E-state index in [-0.39, 0.29) is 22.8 Å². The zero-order chi connectivity index (χ0) is 20.3. The van der Waals surface area contributed by atoms with E-state index in [0.29, 0.717) is 5.56 Å². The van der Waals surface area contributed by atoms with Gasteiger partial charge in [-0.15, -0.1) is 0 Å². The predicted molar refractivity (Wildman–Crippen MR) is 103 cm³/mol. The van der Waals surface area contributed by atoms with Gasteiger partial charge in [0.15, 0.2) is 9.84 Å². The van der Waals surface area contributed by atoms with E-state index in [1.165, 1.54) is 24.5 Å². The number of furan rings is 1. The summed E-state index contributed by atoms with van der Waals surface area (Å²) >= 11 is 0. The molecule has 1 N–H and O–H groups in total. The molecule has 28 heavy (non-hydrogen) atoms. The molecule has 0 radical (unpaired) electrons. The molecule has 0 aliphatic heterocycles. The third-order valence-corrected chi connectivity index (χ3v) is 6.62. The summed E-state index contributed by atoms with van der Waals surface area (Å²) in [5.41, 5.74) is 1.53. The molecule has 1 heterocycles. The van der Waals surface area contributed by atoms with Gasteiger partial charge in [-0.3, -0.25) is 4.79 Å². The molecule has 1 aromatic heterocycles. The Morgan fingerprint density at radius 3 is 2.57 bits per heavy atom. The van der Waals surface area contributed by atoms with Crippen molar-refractivity contribution in [3.8, 4) is 0 Å². The molecule has 0 aliphatic carbocycles. The second kappa shape index (κ2) is 7.98. The van der Waals surface area contributed by atoms with Crippen LogP contribution < -0.4 is 5.32 Å². The lowest BCUT2D eigenvalue weighted by Gasteiger charge is -2.18. The summed E-state index contributed by atoms with van der Waals surface area (Å²) in [7, 11) is -3.85. The zero-order valence-corrected chi connectivity index (χ0v) is 16.3. The Kier molecular flexibility index (Phi) is 5.65. The summed E-state index contributed by atoms with van der Waals surface area (Å²) in [5.74, 6) is -0.883. The fourth-order valence-corrected chi connectivity index (χ4v) is 4.84. The quantitative estimate of drug-likeness (QED) is 0.678. The second-order valence-electron chi connectivity index (χ2n) is 6.54. The van der Waals surface area contributed by atoms with Gasteiger partial charge < -0.3 is 9.73 Å². The molecule has 146 valence electrons.